The molecule has 0 aliphatic carbocycles. The molecule has 0 amide bonds. The second kappa shape index (κ2) is 6.67. The third kappa shape index (κ3) is 5.40. The lowest BCUT2D eigenvalue weighted by molar-refractivity contribution is -0.275. The molecule has 0 bridgehead atoms. The highest BCUT2D eigenvalue weighted by Crippen LogP contribution is 2.31. The first-order chi connectivity index (χ1) is 8.83. The second-order valence-corrected chi connectivity index (χ2v) is 3.83. The SMILES string of the molecule is CCCCOc1cc(B(O)O)ccc1OC(F)(F)F. The highest BCUT2D eigenvalue weighted by Gasteiger charge is 2.32. The summed E-state index contributed by atoms with van der Waals surface area (Å²) in [6, 6.07) is 3.23. The van der Waals surface area contributed by atoms with Gasteiger partial charge in [0.1, 0.15) is 0 Å². The van der Waals surface area contributed by atoms with Gasteiger partial charge in [0, 0.05) is 0 Å². The van der Waals surface area contributed by atoms with Crippen LogP contribution in [0.15, 0.2) is 18.2 Å². The maximum atomic E-state index is 12.2. The van der Waals surface area contributed by atoms with Crippen molar-refractivity contribution in [1.82, 2.24) is 0 Å². The summed E-state index contributed by atoms with van der Waals surface area (Å²) in [6.45, 7) is 2.13. The molecule has 4 nitrogen and oxygen atoms in total. The first kappa shape index (κ1) is 15.7. The van der Waals surface area contributed by atoms with Crippen LogP contribution in [-0.4, -0.2) is 30.1 Å². The summed E-state index contributed by atoms with van der Waals surface area (Å²) in [5.74, 6) is -0.677. The Morgan fingerprint density at radius 3 is 2.42 bits per heavy atom. The lowest BCUT2D eigenvalue weighted by Gasteiger charge is -2.15. The number of alkyl halides is 3. The number of hydrogen-bond acceptors (Lipinski definition) is 4. The van der Waals surface area contributed by atoms with Gasteiger partial charge in [-0.1, -0.05) is 19.4 Å². The van der Waals surface area contributed by atoms with Crippen LogP contribution in [0.1, 0.15) is 19.8 Å². The number of unbranched alkanes of at least 4 members (excludes halogenated alkanes) is 1. The van der Waals surface area contributed by atoms with E-state index >= 15 is 0 Å². The van der Waals surface area contributed by atoms with E-state index in [1.165, 1.54) is 0 Å². The third-order valence-corrected chi connectivity index (χ3v) is 2.25. The number of hydrogen-bond donors (Lipinski definition) is 2. The van der Waals surface area contributed by atoms with Gasteiger partial charge in [0.25, 0.3) is 0 Å². The minimum Gasteiger partial charge on any atom is -0.490 e. The molecule has 8 heteroatoms. The lowest BCUT2D eigenvalue weighted by atomic mass is 9.80. The summed E-state index contributed by atoms with van der Waals surface area (Å²) in [7, 11) is -1.78. The van der Waals surface area contributed by atoms with E-state index in [0.717, 1.165) is 24.6 Å². The smallest absolute Gasteiger partial charge is 0.490 e. The van der Waals surface area contributed by atoms with Crippen LogP contribution >= 0.6 is 0 Å². The van der Waals surface area contributed by atoms with Crippen LogP contribution in [-0.2, 0) is 0 Å². The van der Waals surface area contributed by atoms with Gasteiger partial charge in [0.15, 0.2) is 11.5 Å². The molecule has 0 heterocycles. The Balaban J connectivity index is 2.94. The summed E-state index contributed by atoms with van der Waals surface area (Å²) < 4.78 is 45.6. The molecule has 0 unspecified atom stereocenters. The number of benzene rings is 1. The highest BCUT2D eigenvalue weighted by molar-refractivity contribution is 6.58. The largest absolute Gasteiger partial charge is 0.573 e. The zero-order valence-corrected chi connectivity index (χ0v) is 10.3. The van der Waals surface area contributed by atoms with Crippen LogP contribution in [0.4, 0.5) is 13.2 Å². The second-order valence-electron chi connectivity index (χ2n) is 3.83. The minimum atomic E-state index is -4.83. The molecular formula is C11H14BF3O4. The standard InChI is InChI=1S/C11H14BF3O4/c1-2-3-6-18-10-7-8(12(16)17)4-5-9(10)19-11(13,14)15/h4-5,7,16-17H,2-3,6H2,1H3. The summed E-state index contributed by atoms with van der Waals surface area (Å²) >= 11 is 0. The molecule has 0 saturated heterocycles. The fraction of sp³-hybridized carbons (Fsp3) is 0.455. The van der Waals surface area contributed by atoms with E-state index in [-0.39, 0.29) is 17.8 Å². The van der Waals surface area contributed by atoms with Crippen molar-refractivity contribution in [2.45, 2.75) is 26.1 Å². The van der Waals surface area contributed by atoms with Crippen LogP contribution in [0.2, 0.25) is 0 Å². The molecule has 0 atom stereocenters. The van der Waals surface area contributed by atoms with Gasteiger partial charge in [-0.2, -0.15) is 0 Å². The van der Waals surface area contributed by atoms with Gasteiger partial charge in [0.2, 0.25) is 0 Å². The molecule has 0 spiro atoms. The average Bonchev–Trinajstić information content (AvgIpc) is 2.29. The molecule has 0 aliphatic heterocycles. The van der Waals surface area contributed by atoms with E-state index in [1.807, 2.05) is 6.92 Å². The van der Waals surface area contributed by atoms with Crippen LogP contribution in [0.3, 0.4) is 0 Å². The highest BCUT2D eigenvalue weighted by atomic mass is 19.4. The number of rotatable bonds is 6. The number of halogens is 3. The van der Waals surface area contributed by atoms with Gasteiger partial charge in [-0.15, -0.1) is 13.2 Å². The van der Waals surface area contributed by atoms with Crippen molar-refractivity contribution in [2.24, 2.45) is 0 Å². The summed E-state index contributed by atoms with van der Waals surface area (Å²) in [6.07, 6.45) is -3.35. The van der Waals surface area contributed by atoms with Crippen LogP contribution in [0.25, 0.3) is 0 Å². The fourth-order valence-corrected chi connectivity index (χ4v) is 1.33. The van der Waals surface area contributed by atoms with Crippen LogP contribution in [0, 0.1) is 0 Å². The molecule has 0 fully saturated rings. The molecule has 1 aromatic rings. The van der Waals surface area contributed by atoms with Gasteiger partial charge < -0.3 is 19.5 Å². The van der Waals surface area contributed by atoms with Gasteiger partial charge in [0.05, 0.1) is 6.61 Å². The summed E-state index contributed by atoms with van der Waals surface area (Å²) in [5, 5.41) is 18.0. The van der Waals surface area contributed by atoms with Crippen molar-refractivity contribution in [2.75, 3.05) is 6.61 Å². The van der Waals surface area contributed by atoms with E-state index in [0.29, 0.717) is 6.42 Å². The first-order valence-corrected chi connectivity index (χ1v) is 5.72. The predicted octanol–water partition coefficient (Wildman–Crippen LogP) is 1.44. The molecule has 0 aliphatic rings. The predicted molar refractivity (Wildman–Crippen MR) is 63.4 cm³/mol. The van der Waals surface area contributed by atoms with E-state index in [2.05, 4.69) is 4.74 Å². The molecule has 1 aromatic carbocycles. The summed E-state index contributed by atoms with van der Waals surface area (Å²) in [5.41, 5.74) is 0.0287. The first-order valence-electron chi connectivity index (χ1n) is 5.72. The van der Waals surface area contributed by atoms with Gasteiger partial charge >= 0.3 is 13.5 Å². The lowest BCUT2D eigenvalue weighted by Crippen LogP contribution is -2.30. The maximum Gasteiger partial charge on any atom is 0.573 e. The van der Waals surface area contributed by atoms with Crippen molar-refractivity contribution in [1.29, 1.82) is 0 Å². The van der Waals surface area contributed by atoms with Gasteiger partial charge in [-0.05, 0) is 24.0 Å². The van der Waals surface area contributed by atoms with Crippen molar-refractivity contribution >= 4 is 12.6 Å². The van der Waals surface area contributed by atoms with Crippen molar-refractivity contribution in [3.63, 3.8) is 0 Å². The Kier molecular flexibility index (Phi) is 5.50. The van der Waals surface area contributed by atoms with E-state index < -0.39 is 19.2 Å². The van der Waals surface area contributed by atoms with Crippen molar-refractivity contribution in [3.8, 4) is 11.5 Å². The summed E-state index contributed by atoms with van der Waals surface area (Å²) in [4.78, 5) is 0. The quantitative estimate of drug-likeness (QED) is 0.610. The van der Waals surface area contributed by atoms with Crippen LogP contribution in [0.5, 0.6) is 11.5 Å². The van der Waals surface area contributed by atoms with Crippen molar-refractivity contribution in [3.05, 3.63) is 18.2 Å². The molecule has 2 N–H and O–H groups in total. The molecule has 0 radical (unpaired) electrons. The molecular weight excluding hydrogens is 264 g/mol. The zero-order chi connectivity index (χ0) is 14.5. The zero-order valence-electron chi connectivity index (χ0n) is 10.3. The van der Waals surface area contributed by atoms with Crippen LogP contribution < -0.4 is 14.9 Å². The van der Waals surface area contributed by atoms with E-state index in [9.17, 15) is 13.2 Å². The Bertz CT molecular complexity index is 409. The minimum absolute atomic E-state index is 0.0287. The molecule has 106 valence electrons. The fourth-order valence-electron chi connectivity index (χ4n) is 1.33. The van der Waals surface area contributed by atoms with Gasteiger partial charge in [-0.3, -0.25) is 0 Å². The van der Waals surface area contributed by atoms with Crippen molar-refractivity contribution < 1.29 is 32.7 Å². The molecule has 19 heavy (non-hydrogen) atoms. The topological polar surface area (TPSA) is 58.9 Å². The normalized spacial score (nSPS) is 11.3. The average molecular weight is 278 g/mol. The maximum absolute atomic E-state index is 12.2. The molecule has 0 saturated carbocycles. The Morgan fingerprint density at radius 2 is 1.89 bits per heavy atom. The Labute approximate surface area is 108 Å². The number of ether oxygens (including phenoxy) is 2. The monoisotopic (exact) mass is 278 g/mol. The molecule has 1 rings (SSSR count). The van der Waals surface area contributed by atoms with Gasteiger partial charge in [-0.25, -0.2) is 0 Å². The Hall–Kier alpha value is -1.41. The third-order valence-electron chi connectivity index (χ3n) is 2.25. The van der Waals surface area contributed by atoms with E-state index in [4.69, 9.17) is 14.8 Å². The molecule has 0 aromatic heterocycles. The Morgan fingerprint density at radius 1 is 1.21 bits per heavy atom. The van der Waals surface area contributed by atoms with E-state index in [1.54, 1.807) is 0 Å².